The predicted octanol–water partition coefficient (Wildman–Crippen LogP) is 2.30. The van der Waals surface area contributed by atoms with Crippen LogP contribution in [0.3, 0.4) is 0 Å². The van der Waals surface area contributed by atoms with Gasteiger partial charge in [0.2, 0.25) is 0 Å². The van der Waals surface area contributed by atoms with E-state index in [0.29, 0.717) is 11.8 Å². The highest BCUT2D eigenvalue weighted by Gasteiger charge is 2.52. The van der Waals surface area contributed by atoms with Crippen molar-refractivity contribution >= 4 is 11.7 Å². The van der Waals surface area contributed by atoms with Gasteiger partial charge in [-0.15, -0.1) is 0 Å². The Labute approximate surface area is 101 Å². The lowest BCUT2D eigenvalue weighted by Gasteiger charge is -2.42. The molecule has 1 aliphatic heterocycles. The number of rotatable bonds is 4. The molecule has 17 heavy (non-hydrogen) atoms. The van der Waals surface area contributed by atoms with Gasteiger partial charge in [-0.05, 0) is 30.9 Å². The number of anilines is 1. The number of benzene rings is 1. The summed E-state index contributed by atoms with van der Waals surface area (Å²) in [4.78, 5) is 13.0. The molecule has 1 aromatic rings. The highest BCUT2D eigenvalue weighted by Crippen LogP contribution is 2.54. The van der Waals surface area contributed by atoms with E-state index in [1.807, 2.05) is 12.1 Å². The first-order valence-corrected chi connectivity index (χ1v) is 6.23. The van der Waals surface area contributed by atoms with Gasteiger partial charge in [-0.25, -0.2) is 0 Å². The first-order chi connectivity index (χ1) is 8.19. The Bertz CT molecular complexity index is 443. The molecule has 0 aromatic heterocycles. The maximum atomic E-state index is 10.6. The molecular formula is C14H17NO2. The first-order valence-electron chi connectivity index (χ1n) is 6.23. The third-order valence-corrected chi connectivity index (χ3v) is 3.95. The van der Waals surface area contributed by atoms with Crippen molar-refractivity contribution in [1.29, 1.82) is 0 Å². The minimum absolute atomic E-state index is 0.218. The molecule has 1 aliphatic carbocycles. The van der Waals surface area contributed by atoms with E-state index in [-0.39, 0.29) is 6.42 Å². The summed E-state index contributed by atoms with van der Waals surface area (Å²) in [5.74, 6) is -0.720. The molecule has 3 rings (SSSR count). The van der Waals surface area contributed by atoms with Crippen molar-refractivity contribution in [2.45, 2.75) is 25.7 Å². The molecule has 1 N–H and O–H groups in total. The van der Waals surface area contributed by atoms with Crippen LogP contribution in [-0.4, -0.2) is 24.2 Å². The molecule has 0 atom stereocenters. The third-order valence-electron chi connectivity index (χ3n) is 3.95. The van der Waals surface area contributed by atoms with Crippen LogP contribution < -0.4 is 4.90 Å². The Kier molecular flexibility index (Phi) is 2.35. The molecule has 0 radical (unpaired) electrons. The van der Waals surface area contributed by atoms with Gasteiger partial charge in [0.05, 0.1) is 0 Å². The SMILES string of the molecule is O=C(O)CCc1ccccc1N1CC2(CC2)C1. The second-order valence-corrected chi connectivity index (χ2v) is 5.38. The van der Waals surface area contributed by atoms with Gasteiger partial charge in [0.1, 0.15) is 0 Å². The Morgan fingerprint density at radius 2 is 2.00 bits per heavy atom. The average molecular weight is 231 g/mol. The molecule has 1 spiro atoms. The van der Waals surface area contributed by atoms with E-state index in [1.165, 1.54) is 24.1 Å². The zero-order chi connectivity index (χ0) is 11.9. The summed E-state index contributed by atoms with van der Waals surface area (Å²) < 4.78 is 0. The van der Waals surface area contributed by atoms with Crippen molar-refractivity contribution in [2.24, 2.45) is 5.41 Å². The largest absolute Gasteiger partial charge is 0.481 e. The second-order valence-electron chi connectivity index (χ2n) is 5.38. The molecule has 0 unspecified atom stereocenters. The Morgan fingerprint density at radius 3 is 2.65 bits per heavy atom. The fourth-order valence-electron chi connectivity index (χ4n) is 2.70. The van der Waals surface area contributed by atoms with Crippen molar-refractivity contribution < 1.29 is 9.90 Å². The lowest BCUT2D eigenvalue weighted by molar-refractivity contribution is -0.136. The molecule has 1 aromatic carbocycles. The number of hydrogen-bond donors (Lipinski definition) is 1. The number of carboxylic acid groups (broad SMARTS) is 1. The van der Waals surface area contributed by atoms with Crippen LogP contribution in [0.5, 0.6) is 0 Å². The monoisotopic (exact) mass is 231 g/mol. The second kappa shape index (κ2) is 3.76. The summed E-state index contributed by atoms with van der Waals surface area (Å²) in [6.45, 7) is 2.33. The van der Waals surface area contributed by atoms with Crippen molar-refractivity contribution in [3.8, 4) is 0 Å². The van der Waals surface area contributed by atoms with E-state index < -0.39 is 5.97 Å². The van der Waals surface area contributed by atoms with Crippen LogP contribution in [0, 0.1) is 5.41 Å². The maximum Gasteiger partial charge on any atom is 0.303 e. The van der Waals surface area contributed by atoms with Gasteiger partial charge in [0, 0.05) is 30.6 Å². The van der Waals surface area contributed by atoms with Gasteiger partial charge in [0.25, 0.3) is 0 Å². The van der Waals surface area contributed by atoms with E-state index in [9.17, 15) is 4.79 Å². The number of carbonyl (C=O) groups is 1. The standard InChI is InChI=1S/C14H17NO2/c16-13(17)6-5-11-3-1-2-4-12(11)15-9-14(10-15)7-8-14/h1-4H,5-10H2,(H,16,17). The zero-order valence-corrected chi connectivity index (χ0v) is 9.85. The minimum atomic E-state index is -0.720. The Hall–Kier alpha value is -1.51. The van der Waals surface area contributed by atoms with E-state index in [1.54, 1.807) is 0 Å². The summed E-state index contributed by atoms with van der Waals surface area (Å²) >= 11 is 0. The highest BCUT2D eigenvalue weighted by molar-refractivity contribution is 5.68. The Balaban J connectivity index is 1.72. The molecule has 1 heterocycles. The average Bonchev–Trinajstić information content (AvgIpc) is 3.05. The lowest BCUT2D eigenvalue weighted by Crippen LogP contribution is -2.48. The molecule has 3 nitrogen and oxygen atoms in total. The number of nitrogens with zero attached hydrogens (tertiary/aromatic N) is 1. The molecule has 2 aliphatic rings. The molecule has 1 saturated heterocycles. The molecule has 0 bridgehead atoms. The molecule has 3 heteroatoms. The molecule has 2 fully saturated rings. The summed E-state index contributed by atoms with van der Waals surface area (Å²) in [5.41, 5.74) is 3.05. The number of para-hydroxylation sites is 1. The summed E-state index contributed by atoms with van der Waals surface area (Å²) in [7, 11) is 0. The quantitative estimate of drug-likeness (QED) is 0.864. The normalized spacial score (nSPS) is 20.1. The lowest BCUT2D eigenvalue weighted by atomic mass is 9.94. The van der Waals surface area contributed by atoms with Crippen molar-refractivity contribution in [2.75, 3.05) is 18.0 Å². The summed E-state index contributed by atoms with van der Waals surface area (Å²) in [6, 6.07) is 8.20. The molecule has 0 amide bonds. The zero-order valence-electron chi connectivity index (χ0n) is 9.85. The van der Waals surface area contributed by atoms with E-state index in [0.717, 1.165) is 13.1 Å². The van der Waals surface area contributed by atoms with E-state index >= 15 is 0 Å². The number of hydrogen-bond acceptors (Lipinski definition) is 2. The molecular weight excluding hydrogens is 214 g/mol. The number of aliphatic carboxylic acids is 1. The van der Waals surface area contributed by atoms with E-state index in [2.05, 4.69) is 17.0 Å². The summed E-state index contributed by atoms with van der Waals surface area (Å²) in [6.07, 6.45) is 3.60. The predicted molar refractivity (Wildman–Crippen MR) is 66.3 cm³/mol. The Morgan fingerprint density at radius 1 is 1.29 bits per heavy atom. The topological polar surface area (TPSA) is 40.5 Å². The highest BCUT2D eigenvalue weighted by atomic mass is 16.4. The van der Waals surface area contributed by atoms with Crippen LogP contribution in [0.2, 0.25) is 0 Å². The molecule has 1 saturated carbocycles. The minimum Gasteiger partial charge on any atom is -0.481 e. The smallest absolute Gasteiger partial charge is 0.303 e. The van der Waals surface area contributed by atoms with Gasteiger partial charge < -0.3 is 10.0 Å². The van der Waals surface area contributed by atoms with Crippen LogP contribution in [-0.2, 0) is 11.2 Å². The van der Waals surface area contributed by atoms with Gasteiger partial charge in [-0.3, -0.25) is 4.79 Å². The maximum absolute atomic E-state index is 10.6. The van der Waals surface area contributed by atoms with E-state index in [4.69, 9.17) is 5.11 Å². The summed E-state index contributed by atoms with van der Waals surface area (Å²) in [5, 5.41) is 8.75. The van der Waals surface area contributed by atoms with Crippen LogP contribution >= 0.6 is 0 Å². The van der Waals surface area contributed by atoms with Crippen molar-refractivity contribution in [1.82, 2.24) is 0 Å². The van der Waals surface area contributed by atoms with Crippen LogP contribution in [0.15, 0.2) is 24.3 Å². The number of carboxylic acids is 1. The van der Waals surface area contributed by atoms with Gasteiger partial charge in [0.15, 0.2) is 0 Å². The first kappa shape index (κ1) is 10.6. The van der Waals surface area contributed by atoms with Gasteiger partial charge >= 0.3 is 5.97 Å². The third kappa shape index (κ3) is 2.02. The van der Waals surface area contributed by atoms with Crippen molar-refractivity contribution in [3.05, 3.63) is 29.8 Å². The number of aryl methyl sites for hydroxylation is 1. The van der Waals surface area contributed by atoms with Gasteiger partial charge in [-0.2, -0.15) is 0 Å². The van der Waals surface area contributed by atoms with Gasteiger partial charge in [-0.1, -0.05) is 18.2 Å². The van der Waals surface area contributed by atoms with Crippen molar-refractivity contribution in [3.63, 3.8) is 0 Å². The molecule has 90 valence electrons. The van der Waals surface area contributed by atoms with Crippen LogP contribution in [0.25, 0.3) is 0 Å². The fraction of sp³-hybridized carbons (Fsp3) is 0.500. The van der Waals surface area contributed by atoms with Crippen LogP contribution in [0.1, 0.15) is 24.8 Å². The fourth-order valence-corrected chi connectivity index (χ4v) is 2.70. The van der Waals surface area contributed by atoms with Crippen LogP contribution in [0.4, 0.5) is 5.69 Å².